The van der Waals surface area contributed by atoms with Gasteiger partial charge < -0.3 is 10.1 Å². The van der Waals surface area contributed by atoms with Crippen LogP contribution in [-0.2, 0) is 9.53 Å². The van der Waals surface area contributed by atoms with Crippen molar-refractivity contribution >= 4 is 5.97 Å². The monoisotopic (exact) mass is 155 g/mol. The van der Waals surface area contributed by atoms with Crippen LogP contribution in [-0.4, -0.2) is 24.2 Å². The fourth-order valence-electron chi connectivity index (χ4n) is 2.07. The lowest BCUT2D eigenvalue weighted by molar-refractivity contribution is -0.145. The lowest BCUT2D eigenvalue weighted by atomic mass is 9.94. The first-order valence-corrected chi connectivity index (χ1v) is 4.19. The van der Waals surface area contributed by atoms with Crippen molar-refractivity contribution in [3.63, 3.8) is 0 Å². The van der Waals surface area contributed by atoms with Crippen LogP contribution < -0.4 is 5.32 Å². The van der Waals surface area contributed by atoms with Gasteiger partial charge in [-0.1, -0.05) is 0 Å². The summed E-state index contributed by atoms with van der Waals surface area (Å²) >= 11 is 0. The molecule has 1 N–H and O–H groups in total. The van der Waals surface area contributed by atoms with E-state index in [2.05, 4.69) is 5.32 Å². The van der Waals surface area contributed by atoms with E-state index in [1.165, 1.54) is 0 Å². The topological polar surface area (TPSA) is 38.3 Å². The first-order valence-electron chi connectivity index (χ1n) is 4.19. The van der Waals surface area contributed by atoms with Crippen molar-refractivity contribution in [2.75, 3.05) is 6.54 Å². The van der Waals surface area contributed by atoms with Crippen LogP contribution in [0.4, 0.5) is 0 Å². The largest absolute Gasteiger partial charge is 0.461 e. The van der Waals surface area contributed by atoms with Crippen LogP contribution in [0.15, 0.2) is 0 Å². The Labute approximate surface area is 66.1 Å². The third-order valence-corrected chi connectivity index (χ3v) is 2.58. The number of hydrogen-bond acceptors (Lipinski definition) is 3. The van der Waals surface area contributed by atoms with Gasteiger partial charge in [-0.2, -0.15) is 0 Å². The predicted octanol–water partition coefficient (Wildman–Crippen LogP) is 0.444. The molecular formula is C8H13NO2. The van der Waals surface area contributed by atoms with Gasteiger partial charge in [0.2, 0.25) is 0 Å². The second-order valence-corrected chi connectivity index (χ2v) is 3.53. The molecule has 0 aromatic carbocycles. The Morgan fingerprint density at radius 1 is 1.73 bits per heavy atom. The summed E-state index contributed by atoms with van der Waals surface area (Å²) in [5.74, 6) is -0.0394. The first kappa shape index (κ1) is 7.10. The molecule has 2 unspecified atom stereocenters. The molecule has 0 aliphatic carbocycles. The minimum atomic E-state index is -0.292. The van der Waals surface area contributed by atoms with Crippen molar-refractivity contribution in [2.24, 2.45) is 0 Å². The summed E-state index contributed by atoms with van der Waals surface area (Å²) in [5.41, 5.74) is -0.292. The molecule has 0 amide bonds. The van der Waals surface area contributed by atoms with E-state index in [9.17, 15) is 4.79 Å². The number of esters is 1. The molecule has 2 saturated heterocycles. The maximum atomic E-state index is 11.3. The Bertz CT molecular complexity index is 185. The van der Waals surface area contributed by atoms with Gasteiger partial charge in [0.1, 0.15) is 11.6 Å². The summed E-state index contributed by atoms with van der Waals surface area (Å²) in [5, 5.41) is 3.24. The van der Waals surface area contributed by atoms with Crippen LogP contribution in [0.25, 0.3) is 0 Å². The maximum absolute atomic E-state index is 11.3. The van der Waals surface area contributed by atoms with E-state index in [1.54, 1.807) is 0 Å². The molecule has 11 heavy (non-hydrogen) atoms. The summed E-state index contributed by atoms with van der Waals surface area (Å²) in [6, 6.07) is 0. The van der Waals surface area contributed by atoms with Crippen molar-refractivity contribution in [2.45, 2.75) is 37.8 Å². The van der Waals surface area contributed by atoms with E-state index < -0.39 is 0 Å². The predicted molar refractivity (Wildman–Crippen MR) is 40.1 cm³/mol. The van der Waals surface area contributed by atoms with Crippen molar-refractivity contribution < 1.29 is 9.53 Å². The molecule has 0 bridgehead atoms. The molecule has 2 atom stereocenters. The highest BCUT2D eigenvalue weighted by Gasteiger charge is 2.49. The number of hydrogen-bond donors (Lipinski definition) is 1. The standard InChI is InChI=1S/C8H13NO2/c1-6-5-8(7(10)11-6)3-2-4-9-8/h6,9H,2-5H2,1H3. The molecule has 2 heterocycles. The normalized spacial score (nSPS) is 43.4. The van der Waals surface area contributed by atoms with E-state index in [-0.39, 0.29) is 17.6 Å². The van der Waals surface area contributed by atoms with E-state index in [4.69, 9.17) is 4.74 Å². The van der Waals surface area contributed by atoms with Gasteiger partial charge in [-0.15, -0.1) is 0 Å². The molecular weight excluding hydrogens is 142 g/mol. The van der Waals surface area contributed by atoms with Crippen LogP contribution in [0.3, 0.4) is 0 Å². The molecule has 0 aromatic heterocycles. The summed E-state index contributed by atoms with van der Waals surface area (Å²) in [6.45, 7) is 2.91. The van der Waals surface area contributed by atoms with E-state index in [0.717, 1.165) is 25.8 Å². The van der Waals surface area contributed by atoms with Crippen molar-refractivity contribution in [1.29, 1.82) is 0 Å². The smallest absolute Gasteiger partial charge is 0.326 e. The number of rotatable bonds is 0. The number of ether oxygens (including phenoxy) is 1. The molecule has 2 rings (SSSR count). The third-order valence-electron chi connectivity index (χ3n) is 2.58. The zero-order valence-electron chi connectivity index (χ0n) is 6.72. The Hall–Kier alpha value is -0.570. The summed E-state index contributed by atoms with van der Waals surface area (Å²) in [7, 11) is 0. The van der Waals surface area contributed by atoms with E-state index in [1.807, 2.05) is 6.92 Å². The first-order chi connectivity index (χ1) is 5.23. The zero-order chi connectivity index (χ0) is 7.90. The summed E-state index contributed by atoms with van der Waals surface area (Å²) in [6.07, 6.45) is 3.01. The molecule has 62 valence electrons. The van der Waals surface area contributed by atoms with Crippen LogP contribution >= 0.6 is 0 Å². The summed E-state index contributed by atoms with van der Waals surface area (Å²) in [4.78, 5) is 11.3. The Balaban J connectivity index is 2.18. The molecule has 2 aliphatic rings. The highest BCUT2D eigenvalue weighted by atomic mass is 16.6. The van der Waals surface area contributed by atoms with Crippen LogP contribution in [0.5, 0.6) is 0 Å². The van der Waals surface area contributed by atoms with Gasteiger partial charge in [0.05, 0.1) is 0 Å². The van der Waals surface area contributed by atoms with Crippen molar-refractivity contribution in [3.05, 3.63) is 0 Å². The number of cyclic esters (lactones) is 1. The molecule has 2 aliphatic heterocycles. The summed E-state index contributed by atoms with van der Waals surface area (Å²) < 4.78 is 5.10. The lowest BCUT2D eigenvalue weighted by Gasteiger charge is -2.16. The van der Waals surface area contributed by atoms with Gasteiger partial charge in [-0.25, -0.2) is 0 Å². The highest BCUT2D eigenvalue weighted by Crippen LogP contribution is 2.32. The minimum Gasteiger partial charge on any atom is -0.461 e. The van der Waals surface area contributed by atoms with Gasteiger partial charge in [0.25, 0.3) is 0 Å². The van der Waals surface area contributed by atoms with Gasteiger partial charge in [0, 0.05) is 6.42 Å². The molecule has 1 spiro atoms. The fraction of sp³-hybridized carbons (Fsp3) is 0.875. The van der Waals surface area contributed by atoms with Crippen LogP contribution in [0.2, 0.25) is 0 Å². The lowest BCUT2D eigenvalue weighted by Crippen LogP contribution is -2.43. The second-order valence-electron chi connectivity index (χ2n) is 3.53. The fourth-order valence-corrected chi connectivity index (χ4v) is 2.07. The Morgan fingerprint density at radius 3 is 3.00 bits per heavy atom. The zero-order valence-corrected chi connectivity index (χ0v) is 6.72. The SMILES string of the molecule is CC1CC2(CCCN2)C(=O)O1. The van der Waals surface area contributed by atoms with Gasteiger partial charge in [0.15, 0.2) is 0 Å². The molecule has 3 heteroatoms. The van der Waals surface area contributed by atoms with Crippen LogP contribution in [0.1, 0.15) is 26.2 Å². The Kier molecular flexibility index (Phi) is 1.42. The highest BCUT2D eigenvalue weighted by molar-refractivity contribution is 5.83. The van der Waals surface area contributed by atoms with Gasteiger partial charge in [-0.05, 0) is 26.3 Å². The van der Waals surface area contributed by atoms with Crippen molar-refractivity contribution in [1.82, 2.24) is 5.32 Å². The minimum absolute atomic E-state index is 0.0394. The quantitative estimate of drug-likeness (QED) is 0.516. The average Bonchev–Trinajstić information content (AvgIpc) is 2.45. The van der Waals surface area contributed by atoms with Gasteiger partial charge >= 0.3 is 5.97 Å². The van der Waals surface area contributed by atoms with Crippen LogP contribution in [0, 0.1) is 0 Å². The third kappa shape index (κ3) is 0.948. The Morgan fingerprint density at radius 2 is 2.55 bits per heavy atom. The van der Waals surface area contributed by atoms with Gasteiger partial charge in [-0.3, -0.25) is 4.79 Å². The number of carbonyl (C=O) groups is 1. The number of carbonyl (C=O) groups excluding carboxylic acids is 1. The molecule has 0 saturated carbocycles. The molecule has 0 aromatic rings. The molecule has 2 fully saturated rings. The number of nitrogens with one attached hydrogen (secondary N) is 1. The average molecular weight is 155 g/mol. The second kappa shape index (κ2) is 2.21. The van der Waals surface area contributed by atoms with Crippen molar-refractivity contribution in [3.8, 4) is 0 Å². The maximum Gasteiger partial charge on any atom is 0.326 e. The van der Waals surface area contributed by atoms with E-state index in [0.29, 0.717) is 0 Å². The molecule has 0 radical (unpaired) electrons. The van der Waals surface area contributed by atoms with E-state index >= 15 is 0 Å². The molecule has 3 nitrogen and oxygen atoms in total.